The highest BCUT2D eigenvalue weighted by Gasteiger charge is 2.26. The van der Waals surface area contributed by atoms with E-state index in [1.54, 1.807) is 10.9 Å². The fourth-order valence-electron chi connectivity index (χ4n) is 1.32. The van der Waals surface area contributed by atoms with Gasteiger partial charge in [0.25, 0.3) is 0 Å². The molecule has 1 aromatic heterocycles. The van der Waals surface area contributed by atoms with Crippen molar-refractivity contribution in [3.05, 3.63) is 16.9 Å². The van der Waals surface area contributed by atoms with E-state index in [0.29, 0.717) is 24.4 Å². The number of carbonyl (C=O) groups is 1. The zero-order chi connectivity index (χ0) is 12.3. The molecule has 1 unspecified atom stereocenters. The monoisotopic (exact) mass is 245 g/mol. The van der Waals surface area contributed by atoms with Crippen molar-refractivity contribution in [1.29, 1.82) is 0 Å². The Balaban J connectivity index is 2.44. The summed E-state index contributed by atoms with van der Waals surface area (Å²) in [6, 6.07) is 0. The first-order valence-corrected chi connectivity index (χ1v) is 5.42. The van der Waals surface area contributed by atoms with E-state index in [0.717, 1.165) is 5.69 Å². The maximum Gasteiger partial charge on any atom is 0.323 e. The van der Waals surface area contributed by atoms with Crippen molar-refractivity contribution in [2.45, 2.75) is 38.8 Å². The Morgan fingerprint density at radius 2 is 2.38 bits per heavy atom. The summed E-state index contributed by atoms with van der Waals surface area (Å²) in [6.45, 7) is 3.95. The van der Waals surface area contributed by atoms with Crippen molar-refractivity contribution in [2.75, 3.05) is 0 Å². The third kappa shape index (κ3) is 3.21. The van der Waals surface area contributed by atoms with Gasteiger partial charge in [-0.2, -0.15) is 5.10 Å². The van der Waals surface area contributed by atoms with E-state index in [4.69, 9.17) is 22.4 Å². The molecule has 0 radical (unpaired) electrons. The SMILES string of the molecule is Cc1nn(CCCC(C)(N)C(=O)O)cc1Cl. The number of rotatable bonds is 5. The van der Waals surface area contributed by atoms with Crippen LogP contribution in [0.4, 0.5) is 0 Å². The second-order valence-electron chi connectivity index (χ2n) is 4.15. The summed E-state index contributed by atoms with van der Waals surface area (Å²) in [4.78, 5) is 10.8. The minimum Gasteiger partial charge on any atom is -0.480 e. The number of halogens is 1. The number of aliphatic carboxylic acids is 1. The zero-order valence-corrected chi connectivity index (χ0v) is 10.2. The zero-order valence-electron chi connectivity index (χ0n) is 9.40. The predicted octanol–water partition coefficient (Wildman–Crippen LogP) is 1.43. The fraction of sp³-hybridized carbons (Fsp3) is 0.600. The van der Waals surface area contributed by atoms with E-state index >= 15 is 0 Å². The topological polar surface area (TPSA) is 81.1 Å². The summed E-state index contributed by atoms with van der Waals surface area (Å²) in [5, 5.41) is 13.6. The second kappa shape index (κ2) is 4.84. The molecule has 1 atom stereocenters. The molecule has 90 valence electrons. The molecule has 0 aromatic carbocycles. The van der Waals surface area contributed by atoms with Crippen molar-refractivity contribution in [1.82, 2.24) is 9.78 Å². The molecule has 3 N–H and O–H groups in total. The maximum absolute atomic E-state index is 10.8. The van der Waals surface area contributed by atoms with E-state index in [1.165, 1.54) is 6.92 Å². The van der Waals surface area contributed by atoms with Gasteiger partial charge in [0.05, 0.1) is 10.7 Å². The molecule has 5 nitrogen and oxygen atoms in total. The largest absolute Gasteiger partial charge is 0.480 e. The van der Waals surface area contributed by atoms with E-state index in [2.05, 4.69) is 5.10 Å². The normalized spacial score (nSPS) is 14.8. The van der Waals surface area contributed by atoms with Crippen LogP contribution in [-0.2, 0) is 11.3 Å². The van der Waals surface area contributed by atoms with Gasteiger partial charge in [-0.05, 0) is 26.7 Å². The summed E-state index contributed by atoms with van der Waals surface area (Å²) in [7, 11) is 0. The highest BCUT2D eigenvalue weighted by Crippen LogP contribution is 2.14. The number of carboxylic acids is 1. The molecular weight excluding hydrogens is 230 g/mol. The average molecular weight is 246 g/mol. The van der Waals surface area contributed by atoms with Crippen LogP contribution in [0.2, 0.25) is 5.02 Å². The fourth-order valence-corrected chi connectivity index (χ4v) is 1.47. The number of aromatic nitrogens is 2. The van der Waals surface area contributed by atoms with Crippen molar-refractivity contribution >= 4 is 17.6 Å². The summed E-state index contributed by atoms with van der Waals surface area (Å²) in [5.74, 6) is -0.984. The van der Waals surface area contributed by atoms with E-state index < -0.39 is 11.5 Å². The van der Waals surface area contributed by atoms with Gasteiger partial charge in [-0.25, -0.2) is 0 Å². The minimum atomic E-state index is -1.17. The van der Waals surface area contributed by atoms with Crippen molar-refractivity contribution in [3.63, 3.8) is 0 Å². The Morgan fingerprint density at radius 1 is 1.75 bits per heavy atom. The second-order valence-corrected chi connectivity index (χ2v) is 4.56. The van der Waals surface area contributed by atoms with Gasteiger partial charge in [0.2, 0.25) is 0 Å². The predicted molar refractivity (Wildman–Crippen MR) is 61.4 cm³/mol. The van der Waals surface area contributed by atoms with Gasteiger partial charge in [-0.15, -0.1) is 0 Å². The molecule has 0 aliphatic carbocycles. The van der Waals surface area contributed by atoms with E-state index in [-0.39, 0.29) is 0 Å². The summed E-state index contributed by atoms with van der Waals surface area (Å²) in [5.41, 5.74) is 5.20. The van der Waals surface area contributed by atoms with Crippen LogP contribution in [0.15, 0.2) is 6.20 Å². The van der Waals surface area contributed by atoms with Gasteiger partial charge in [-0.3, -0.25) is 9.48 Å². The summed E-state index contributed by atoms with van der Waals surface area (Å²) >= 11 is 5.85. The van der Waals surface area contributed by atoms with Crippen molar-refractivity contribution < 1.29 is 9.90 Å². The third-order valence-corrected chi connectivity index (χ3v) is 2.83. The van der Waals surface area contributed by atoms with Crippen molar-refractivity contribution in [3.8, 4) is 0 Å². The Hall–Kier alpha value is -1.07. The van der Waals surface area contributed by atoms with Crippen molar-refractivity contribution in [2.24, 2.45) is 5.73 Å². The first kappa shape index (κ1) is 13.0. The smallest absolute Gasteiger partial charge is 0.323 e. The molecule has 0 spiro atoms. The lowest BCUT2D eigenvalue weighted by Gasteiger charge is -2.18. The number of hydrogen-bond acceptors (Lipinski definition) is 3. The van der Waals surface area contributed by atoms with Gasteiger partial charge in [-0.1, -0.05) is 11.6 Å². The van der Waals surface area contributed by atoms with Crippen LogP contribution in [0.1, 0.15) is 25.5 Å². The molecule has 1 aromatic rings. The molecule has 1 heterocycles. The first-order chi connectivity index (χ1) is 7.33. The summed E-state index contributed by atoms with van der Waals surface area (Å²) < 4.78 is 1.70. The molecule has 0 fully saturated rings. The van der Waals surface area contributed by atoms with Crippen LogP contribution in [-0.4, -0.2) is 26.4 Å². The van der Waals surface area contributed by atoms with Gasteiger partial charge in [0, 0.05) is 12.7 Å². The van der Waals surface area contributed by atoms with Gasteiger partial charge >= 0.3 is 5.97 Å². The molecule has 0 aliphatic heterocycles. The van der Waals surface area contributed by atoms with Gasteiger partial charge in [0.15, 0.2) is 0 Å². The van der Waals surface area contributed by atoms with Gasteiger partial charge < -0.3 is 10.8 Å². The van der Waals surface area contributed by atoms with Crippen LogP contribution in [0, 0.1) is 6.92 Å². The standard InChI is InChI=1S/C10H16ClN3O2/c1-7-8(11)6-14(13-7)5-3-4-10(2,12)9(15)16/h6H,3-5,12H2,1-2H3,(H,15,16). The average Bonchev–Trinajstić information content (AvgIpc) is 2.45. The van der Waals surface area contributed by atoms with E-state index in [9.17, 15) is 4.79 Å². The first-order valence-electron chi connectivity index (χ1n) is 5.05. The quantitative estimate of drug-likeness (QED) is 0.822. The highest BCUT2D eigenvalue weighted by atomic mass is 35.5. The Labute approximate surface area is 99.2 Å². The van der Waals surface area contributed by atoms with Crippen LogP contribution < -0.4 is 5.73 Å². The lowest BCUT2D eigenvalue weighted by atomic mass is 9.98. The highest BCUT2D eigenvalue weighted by molar-refractivity contribution is 6.31. The number of nitrogens with two attached hydrogens (primary N) is 1. The molecular formula is C10H16ClN3O2. The van der Waals surface area contributed by atoms with E-state index in [1.807, 2.05) is 6.92 Å². The third-order valence-electron chi connectivity index (χ3n) is 2.46. The summed E-state index contributed by atoms with van der Waals surface area (Å²) in [6.07, 6.45) is 2.78. The molecule has 6 heteroatoms. The molecule has 0 saturated heterocycles. The number of nitrogens with zero attached hydrogens (tertiary/aromatic N) is 2. The number of aryl methyl sites for hydroxylation is 2. The molecule has 1 rings (SSSR count). The van der Waals surface area contributed by atoms with Gasteiger partial charge in [0.1, 0.15) is 5.54 Å². The molecule has 0 saturated carbocycles. The van der Waals surface area contributed by atoms with Crippen LogP contribution in [0.3, 0.4) is 0 Å². The van der Waals surface area contributed by atoms with Crippen LogP contribution in [0.5, 0.6) is 0 Å². The Morgan fingerprint density at radius 3 is 2.81 bits per heavy atom. The lowest BCUT2D eigenvalue weighted by molar-refractivity contribution is -0.142. The molecule has 0 aliphatic rings. The van der Waals surface area contributed by atoms with Crippen LogP contribution in [0.25, 0.3) is 0 Å². The molecule has 16 heavy (non-hydrogen) atoms. The minimum absolute atomic E-state index is 0.402. The number of carboxylic acid groups (broad SMARTS) is 1. The van der Waals surface area contributed by atoms with Crippen LogP contribution >= 0.6 is 11.6 Å². The number of hydrogen-bond donors (Lipinski definition) is 2. The molecule has 0 amide bonds. The lowest BCUT2D eigenvalue weighted by Crippen LogP contribution is -2.44. The Kier molecular flexibility index (Phi) is 3.93. The molecule has 0 bridgehead atoms. The Bertz CT molecular complexity index is 368. The maximum atomic E-state index is 10.8.